The van der Waals surface area contributed by atoms with E-state index in [1.165, 1.54) is 6.42 Å². The molecule has 2 aliphatic rings. The van der Waals surface area contributed by atoms with Crippen LogP contribution >= 0.6 is 0 Å². The summed E-state index contributed by atoms with van der Waals surface area (Å²) in [7, 11) is 1.73. The summed E-state index contributed by atoms with van der Waals surface area (Å²) >= 11 is 0. The van der Waals surface area contributed by atoms with Crippen LogP contribution in [0.5, 0.6) is 0 Å². The Morgan fingerprint density at radius 3 is 2.78 bits per heavy atom. The molecule has 0 spiro atoms. The van der Waals surface area contributed by atoms with Crippen LogP contribution in [0.2, 0.25) is 0 Å². The Kier molecular flexibility index (Phi) is 3.32. The van der Waals surface area contributed by atoms with E-state index in [0.29, 0.717) is 5.89 Å². The maximum absolute atomic E-state index is 5.55. The molecule has 0 bridgehead atoms. The molecule has 1 saturated heterocycles. The lowest BCUT2D eigenvalue weighted by Crippen LogP contribution is -2.43. The fraction of sp³-hybridized carbons (Fsp3) is 0.833. The molecule has 3 rings (SSSR count). The fourth-order valence-electron chi connectivity index (χ4n) is 2.58. The lowest BCUT2D eigenvalue weighted by Gasteiger charge is -2.37. The molecule has 2 heterocycles. The minimum absolute atomic E-state index is 0.273. The summed E-state index contributed by atoms with van der Waals surface area (Å²) < 4.78 is 10.9. The van der Waals surface area contributed by atoms with Gasteiger partial charge in [-0.05, 0) is 19.3 Å². The molecule has 0 atom stereocenters. The molecule has 18 heavy (non-hydrogen) atoms. The number of nitrogens with zero attached hydrogens (tertiary/aromatic N) is 3. The van der Waals surface area contributed by atoms with Crippen LogP contribution in [0.15, 0.2) is 4.52 Å². The van der Waals surface area contributed by atoms with Crippen molar-refractivity contribution in [3.8, 4) is 0 Å². The Bertz CT molecular complexity index is 391. The number of ether oxygens (including phenoxy) is 1. The van der Waals surface area contributed by atoms with Crippen LogP contribution in [0.4, 0.5) is 0 Å². The van der Waals surface area contributed by atoms with E-state index in [-0.39, 0.29) is 5.60 Å². The van der Waals surface area contributed by atoms with E-state index in [0.717, 1.165) is 51.4 Å². The molecule has 0 unspecified atom stereocenters. The number of methoxy groups -OCH3 is 1. The molecular formula is C12H20N4O2. The Labute approximate surface area is 107 Å². The van der Waals surface area contributed by atoms with Crippen molar-refractivity contribution in [3.63, 3.8) is 0 Å². The first kappa shape index (κ1) is 12.1. The van der Waals surface area contributed by atoms with Crippen molar-refractivity contribution in [1.29, 1.82) is 0 Å². The zero-order valence-corrected chi connectivity index (χ0v) is 10.8. The van der Waals surface area contributed by atoms with Gasteiger partial charge in [-0.25, -0.2) is 0 Å². The predicted octanol–water partition coefficient (Wildman–Crippen LogP) is 0.500. The van der Waals surface area contributed by atoms with Crippen LogP contribution in [-0.4, -0.2) is 48.3 Å². The van der Waals surface area contributed by atoms with Crippen LogP contribution in [-0.2, 0) is 16.9 Å². The zero-order valence-electron chi connectivity index (χ0n) is 10.8. The third-order valence-corrected chi connectivity index (χ3v) is 4.00. The molecule has 0 radical (unpaired) electrons. The van der Waals surface area contributed by atoms with Crippen molar-refractivity contribution in [2.24, 2.45) is 0 Å². The number of nitrogens with one attached hydrogen (secondary N) is 1. The Morgan fingerprint density at radius 1 is 1.39 bits per heavy atom. The van der Waals surface area contributed by atoms with Gasteiger partial charge in [-0.1, -0.05) is 5.16 Å². The predicted molar refractivity (Wildman–Crippen MR) is 65.0 cm³/mol. The number of hydrogen-bond acceptors (Lipinski definition) is 6. The first-order chi connectivity index (χ1) is 8.82. The second-order valence-electron chi connectivity index (χ2n) is 5.09. The van der Waals surface area contributed by atoms with Gasteiger partial charge in [-0.3, -0.25) is 4.90 Å². The largest absolute Gasteiger partial charge is 0.370 e. The molecule has 1 aromatic rings. The van der Waals surface area contributed by atoms with E-state index in [1.807, 2.05) is 0 Å². The summed E-state index contributed by atoms with van der Waals surface area (Å²) in [6.07, 6.45) is 3.17. The van der Waals surface area contributed by atoms with Gasteiger partial charge in [-0.2, -0.15) is 4.98 Å². The summed E-state index contributed by atoms with van der Waals surface area (Å²) in [4.78, 5) is 6.83. The summed E-state index contributed by atoms with van der Waals surface area (Å²) in [5.41, 5.74) is -0.273. The van der Waals surface area contributed by atoms with E-state index in [1.54, 1.807) is 7.11 Å². The van der Waals surface area contributed by atoms with E-state index < -0.39 is 0 Å². The van der Waals surface area contributed by atoms with Gasteiger partial charge in [0.15, 0.2) is 0 Å². The van der Waals surface area contributed by atoms with E-state index >= 15 is 0 Å². The van der Waals surface area contributed by atoms with Gasteiger partial charge in [0.1, 0.15) is 5.60 Å². The smallest absolute Gasteiger partial charge is 0.240 e. The van der Waals surface area contributed by atoms with Crippen molar-refractivity contribution < 1.29 is 9.26 Å². The monoisotopic (exact) mass is 252 g/mol. The SMILES string of the molecule is COC1(c2noc(CN3CCNCC3)n2)CCC1. The lowest BCUT2D eigenvalue weighted by atomic mass is 9.79. The summed E-state index contributed by atoms with van der Waals surface area (Å²) in [6.45, 7) is 4.88. The van der Waals surface area contributed by atoms with Crippen molar-refractivity contribution in [2.45, 2.75) is 31.4 Å². The Balaban J connectivity index is 1.65. The molecule has 6 nitrogen and oxygen atoms in total. The van der Waals surface area contributed by atoms with Gasteiger partial charge in [0, 0.05) is 33.3 Å². The normalized spacial score (nSPS) is 23.8. The second-order valence-corrected chi connectivity index (χ2v) is 5.09. The summed E-state index contributed by atoms with van der Waals surface area (Å²) in [5, 5.41) is 7.42. The molecule has 1 aromatic heterocycles. The molecule has 6 heteroatoms. The zero-order chi connectivity index (χ0) is 12.4. The Hall–Kier alpha value is -0.980. The quantitative estimate of drug-likeness (QED) is 0.842. The minimum atomic E-state index is -0.273. The molecule has 1 saturated carbocycles. The molecule has 2 fully saturated rings. The lowest BCUT2D eigenvalue weighted by molar-refractivity contribution is -0.0858. The van der Waals surface area contributed by atoms with E-state index in [9.17, 15) is 0 Å². The third-order valence-electron chi connectivity index (χ3n) is 4.00. The topological polar surface area (TPSA) is 63.4 Å². The Morgan fingerprint density at radius 2 is 2.17 bits per heavy atom. The fourth-order valence-corrected chi connectivity index (χ4v) is 2.58. The molecule has 100 valence electrons. The molecule has 0 amide bonds. The standard InChI is InChI=1S/C12H20N4O2/c1-17-12(3-2-4-12)11-14-10(18-15-11)9-16-7-5-13-6-8-16/h13H,2-9H2,1H3. The van der Waals surface area contributed by atoms with Crippen molar-refractivity contribution in [2.75, 3.05) is 33.3 Å². The number of hydrogen-bond donors (Lipinski definition) is 1. The number of aromatic nitrogens is 2. The highest BCUT2D eigenvalue weighted by molar-refractivity contribution is 5.06. The van der Waals surface area contributed by atoms with Gasteiger partial charge in [0.25, 0.3) is 0 Å². The summed E-state index contributed by atoms with van der Waals surface area (Å²) in [6, 6.07) is 0. The van der Waals surface area contributed by atoms with Gasteiger partial charge in [-0.15, -0.1) is 0 Å². The minimum Gasteiger partial charge on any atom is -0.370 e. The van der Waals surface area contributed by atoms with E-state index in [4.69, 9.17) is 9.26 Å². The molecule has 0 aromatic carbocycles. The van der Waals surface area contributed by atoms with Crippen molar-refractivity contribution in [1.82, 2.24) is 20.4 Å². The third kappa shape index (κ3) is 2.15. The van der Waals surface area contributed by atoms with Gasteiger partial charge >= 0.3 is 0 Å². The van der Waals surface area contributed by atoms with E-state index in [2.05, 4.69) is 20.4 Å². The number of rotatable bonds is 4. The maximum Gasteiger partial charge on any atom is 0.240 e. The number of piperazine rings is 1. The second kappa shape index (κ2) is 4.95. The van der Waals surface area contributed by atoms with Crippen molar-refractivity contribution in [3.05, 3.63) is 11.7 Å². The van der Waals surface area contributed by atoms with Crippen LogP contribution in [0, 0.1) is 0 Å². The van der Waals surface area contributed by atoms with Crippen LogP contribution < -0.4 is 5.32 Å². The highest BCUT2D eigenvalue weighted by atomic mass is 16.5. The molecule has 1 aliphatic heterocycles. The summed E-state index contributed by atoms with van der Waals surface area (Å²) in [5.74, 6) is 1.43. The first-order valence-electron chi connectivity index (χ1n) is 6.64. The average molecular weight is 252 g/mol. The molecule has 1 N–H and O–H groups in total. The average Bonchev–Trinajstić information content (AvgIpc) is 2.79. The first-order valence-corrected chi connectivity index (χ1v) is 6.64. The molecular weight excluding hydrogens is 232 g/mol. The van der Waals surface area contributed by atoms with Gasteiger partial charge < -0.3 is 14.6 Å². The molecule has 1 aliphatic carbocycles. The highest BCUT2D eigenvalue weighted by Gasteiger charge is 2.43. The van der Waals surface area contributed by atoms with Crippen LogP contribution in [0.25, 0.3) is 0 Å². The van der Waals surface area contributed by atoms with Gasteiger partial charge in [0.2, 0.25) is 11.7 Å². The van der Waals surface area contributed by atoms with Gasteiger partial charge in [0.05, 0.1) is 6.54 Å². The van der Waals surface area contributed by atoms with Crippen molar-refractivity contribution >= 4 is 0 Å². The van der Waals surface area contributed by atoms with Crippen LogP contribution in [0.3, 0.4) is 0 Å². The maximum atomic E-state index is 5.55. The van der Waals surface area contributed by atoms with Crippen LogP contribution in [0.1, 0.15) is 31.0 Å². The highest BCUT2D eigenvalue weighted by Crippen LogP contribution is 2.42.